The molecule has 4 rings (SSSR count). The van der Waals surface area contributed by atoms with E-state index in [0.717, 1.165) is 12.0 Å². The Labute approximate surface area is 187 Å². The number of hydrogen-bond donors (Lipinski definition) is 0. The van der Waals surface area contributed by atoms with Crippen LogP contribution in [0.15, 0.2) is 103 Å². The van der Waals surface area contributed by atoms with Gasteiger partial charge in [-0.3, -0.25) is 0 Å². The van der Waals surface area contributed by atoms with E-state index in [1.165, 1.54) is 37.0 Å². The Bertz CT molecular complexity index is 1050. The van der Waals surface area contributed by atoms with Gasteiger partial charge < -0.3 is 0 Å². The zero-order chi connectivity index (χ0) is 20.4. The molecule has 0 amide bonds. The van der Waals surface area contributed by atoms with E-state index in [0.29, 0.717) is 0 Å². The van der Waals surface area contributed by atoms with Crippen LogP contribution >= 0.6 is 22.6 Å². The van der Waals surface area contributed by atoms with Gasteiger partial charge in [-0.25, -0.2) is 0 Å². The van der Waals surface area contributed by atoms with Gasteiger partial charge in [0.25, 0.3) is 0 Å². The number of benzene rings is 3. The first-order chi connectivity index (χ1) is 14.0. The van der Waals surface area contributed by atoms with Crippen molar-refractivity contribution in [3.05, 3.63) is 140 Å². The second-order valence-corrected chi connectivity index (χ2v) is 8.93. The van der Waals surface area contributed by atoms with Gasteiger partial charge in [-0.05, 0) is 76.8 Å². The second-order valence-electron chi connectivity index (χ2n) is 7.76. The molecule has 3 aromatic rings. The predicted octanol–water partition coefficient (Wildman–Crippen LogP) is 7.47. The third-order valence-electron chi connectivity index (χ3n) is 5.84. The first-order valence-corrected chi connectivity index (χ1v) is 11.1. The molecule has 144 valence electrons. The molecule has 0 bridgehead atoms. The van der Waals surface area contributed by atoms with Crippen molar-refractivity contribution in [2.24, 2.45) is 0 Å². The number of rotatable bonds is 2. The maximum absolute atomic E-state index is 4.61. The fourth-order valence-corrected chi connectivity index (χ4v) is 5.03. The number of fused-ring (bicyclic) bond motifs is 1. The van der Waals surface area contributed by atoms with Crippen molar-refractivity contribution in [3.63, 3.8) is 0 Å². The number of hydrogen-bond acceptors (Lipinski definition) is 0. The van der Waals surface area contributed by atoms with Crippen molar-refractivity contribution >= 4 is 22.6 Å². The van der Waals surface area contributed by atoms with Crippen molar-refractivity contribution in [1.82, 2.24) is 0 Å². The largest absolute Gasteiger partial charge is 0.0942 e. The fraction of sp³-hybridized carbons (Fsp3) is 0.143. The van der Waals surface area contributed by atoms with E-state index in [1.807, 2.05) is 0 Å². The summed E-state index contributed by atoms with van der Waals surface area (Å²) in [5, 5.41) is 0. The van der Waals surface area contributed by atoms with Gasteiger partial charge in [-0.15, -0.1) is 0 Å². The molecule has 0 aliphatic heterocycles. The van der Waals surface area contributed by atoms with Gasteiger partial charge in [0, 0.05) is 3.57 Å². The van der Waals surface area contributed by atoms with Gasteiger partial charge >= 0.3 is 0 Å². The summed E-state index contributed by atoms with van der Waals surface area (Å²) in [6.07, 6.45) is 9.58. The zero-order valence-corrected chi connectivity index (χ0v) is 19.1. The molecule has 1 aliphatic rings. The molecule has 0 nitrogen and oxygen atoms in total. The molecule has 0 radical (unpaired) electrons. The maximum Gasteiger partial charge on any atom is 0.0699 e. The first kappa shape index (κ1) is 19.9. The van der Waals surface area contributed by atoms with Crippen LogP contribution in [0.3, 0.4) is 0 Å². The molecule has 0 heterocycles. The molecule has 0 saturated carbocycles. The Kier molecular flexibility index (Phi) is 5.60. The molecule has 0 atom stereocenters. The third kappa shape index (κ3) is 3.53. The highest BCUT2D eigenvalue weighted by molar-refractivity contribution is 14.1. The van der Waals surface area contributed by atoms with Crippen LogP contribution in [0, 0.1) is 17.4 Å². The Morgan fingerprint density at radius 1 is 0.793 bits per heavy atom. The van der Waals surface area contributed by atoms with Crippen LogP contribution in [0.1, 0.15) is 33.4 Å². The molecule has 0 unspecified atom stereocenters. The molecule has 0 N–H and O–H groups in total. The van der Waals surface area contributed by atoms with Crippen LogP contribution in [0.5, 0.6) is 0 Å². The molecule has 0 saturated heterocycles. The van der Waals surface area contributed by atoms with Gasteiger partial charge in [0.05, 0.1) is 5.41 Å². The van der Waals surface area contributed by atoms with Crippen molar-refractivity contribution < 1.29 is 0 Å². The molecule has 0 fully saturated rings. The molecule has 0 aromatic heterocycles. The normalized spacial score (nSPS) is 17.6. The molecular weight excluding hydrogens is 463 g/mol. The van der Waals surface area contributed by atoms with Gasteiger partial charge in [0.2, 0.25) is 0 Å². The second kappa shape index (κ2) is 8.16. The topological polar surface area (TPSA) is 0 Å². The SMILES string of the molecule is C=C1/C=C\C=C/Cc2c(I)cccc2C1(c1ccc(C)cc1)c1ccc(C)cc1. The zero-order valence-electron chi connectivity index (χ0n) is 17.0. The summed E-state index contributed by atoms with van der Waals surface area (Å²) in [6.45, 7) is 8.89. The van der Waals surface area contributed by atoms with Gasteiger partial charge in [-0.1, -0.05) is 103 Å². The van der Waals surface area contributed by atoms with Crippen LogP contribution in [-0.4, -0.2) is 0 Å². The highest BCUT2D eigenvalue weighted by Gasteiger charge is 2.40. The summed E-state index contributed by atoms with van der Waals surface area (Å²) in [5.41, 5.74) is 8.38. The van der Waals surface area contributed by atoms with Crippen molar-refractivity contribution in [1.29, 1.82) is 0 Å². The molecule has 0 spiro atoms. The molecule has 1 heteroatoms. The predicted molar refractivity (Wildman–Crippen MR) is 133 cm³/mol. The van der Waals surface area contributed by atoms with Crippen LogP contribution in [-0.2, 0) is 11.8 Å². The summed E-state index contributed by atoms with van der Waals surface area (Å²) >= 11 is 2.47. The lowest BCUT2D eigenvalue weighted by atomic mass is 9.63. The van der Waals surface area contributed by atoms with E-state index >= 15 is 0 Å². The van der Waals surface area contributed by atoms with E-state index in [1.54, 1.807) is 0 Å². The molecular formula is C28H25I. The van der Waals surface area contributed by atoms with Crippen LogP contribution in [0.2, 0.25) is 0 Å². The van der Waals surface area contributed by atoms with Gasteiger partial charge in [-0.2, -0.15) is 0 Å². The van der Waals surface area contributed by atoms with Crippen LogP contribution in [0.25, 0.3) is 0 Å². The Morgan fingerprint density at radius 3 is 1.97 bits per heavy atom. The summed E-state index contributed by atoms with van der Waals surface area (Å²) in [7, 11) is 0. The number of halogens is 1. The minimum atomic E-state index is -0.430. The van der Waals surface area contributed by atoms with Gasteiger partial charge in [0.15, 0.2) is 0 Å². The van der Waals surface area contributed by atoms with Crippen LogP contribution < -0.4 is 0 Å². The summed E-state index contributed by atoms with van der Waals surface area (Å²) in [4.78, 5) is 0. The lowest BCUT2D eigenvalue weighted by Crippen LogP contribution is -2.32. The average molecular weight is 488 g/mol. The lowest BCUT2D eigenvalue weighted by Gasteiger charge is -2.38. The summed E-state index contributed by atoms with van der Waals surface area (Å²) < 4.78 is 1.29. The third-order valence-corrected chi connectivity index (χ3v) is 6.85. The summed E-state index contributed by atoms with van der Waals surface area (Å²) in [5.74, 6) is 0. The monoisotopic (exact) mass is 488 g/mol. The Balaban J connectivity index is 2.15. The van der Waals surface area contributed by atoms with E-state index in [2.05, 4.69) is 134 Å². The van der Waals surface area contributed by atoms with E-state index in [-0.39, 0.29) is 0 Å². The Morgan fingerprint density at radius 2 is 1.38 bits per heavy atom. The van der Waals surface area contributed by atoms with E-state index in [4.69, 9.17) is 0 Å². The minimum absolute atomic E-state index is 0.430. The summed E-state index contributed by atoms with van der Waals surface area (Å²) in [6, 6.07) is 24.6. The molecule has 29 heavy (non-hydrogen) atoms. The highest BCUT2D eigenvalue weighted by atomic mass is 127. The standard InChI is InChI=1S/C28H25I/c1-20-12-16-23(17-13-20)28(24-18-14-21(2)15-19-24)22(3)8-5-4-6-9-25-26(28)10-7-11-27(25)29/h4-8,10-19H,3,9H2,1-2H3/b6-4-,8-5-. The Hall–Kier alpha value is -2.39. The minimum Gasteiger partial charge on any atom is -0.0942 e. The average Bonchev–Trinajstić information content (AvgIpc) is 2.78. The van der Waals surface area contributed by atoms with E-state index in [9.17, 15) is 0 Å². The lowest BCUT2D eigenvalue weighted by molar-refractivity contribution is 0.735. The number of allylic oxidation sites excluding steroid dienone is 5. The smallest absolute Gasteiger partial charge is 0.0699 e. The van der Waals surface area contributed by atoms with Crippen molar-refractivity contribution in [2.75, 3.05) is 0 Å². The van der Waals surface area contributed by atoms with Crippen LogP contribution in [0.4, 0.5) is 0 Å². The van der Waals surface area contributed by atoms with Gasteiger partial charge in [0.1, 0.15) is 0 Å². The van der Waals surface area contributed by atoms with Crippen molar-refractivity contribution in [3.8, 4) is 0 Å². The number of aryl methyl sites for hydroxylation is 2. The fourth-order valence-electron chi connectivity index (χ4n) is 4.31. The molecule has 1 aliphatic carbocycles. The first-order valence-electron chi connectivity index (χ1n) is 9.98. The van der Waals surface area contributed by atoms with E-state index < -0.39 is 5.41 Å². The maximum atomic E-state index is 4.61. The molecule has 3 aromatic carbocycles. The van der Waals surface area contributed by atoms with Crippen molar-refractivity contribution in [2.45, 2.75) is 25.7 Å². The highest BCUT2D eigenvalue weighted by Crippen LogP contribution is 2.47. The quantitative estimate of drug-likeness (QED) is 0.329.